The van der Waals surface area contributed by atoms with Crippen molar-refractivity contribution < 1.29 is 9.63 Å². The van der Waals surface area contributed by atoms with Crippen LogP contribution in [0.1, 0.15) is 29.2 Å². The number of carbonyl (C=O) groups is 1. The van der Waals surface area contributed by atoms with E-state index in [2.05, 4.69) is 75.6 Å². The van der Waals surface area contributed by atoms with Crippen molar-refractivity contribution in [1.82, 2.24) is 9.80 Å². The molecule has 2 aliphatic heterocycles. The smallest absolute Gasteiger partial charge is 0.281 e. The molecule has 0 radical (unpaired) electrons. The molecule has 196 valence electrons. The van der Waals surface area contributed by atoms with E-state index in [1.165, 1.54) is 18.2 Å². The Labute approximate surface area is 231 Å². The van der Waals surface area contributed by atoms with E-state index >= 15 is 0 Å². The van der Waals surface area contributed by atoms with Crippen LogP contribution in [-0.2, 0) is 9.63 Å². The van der Waals surface area contributed by atoms with Gasteiger partial charge in [0, 0.05) is 38.3 Å². The highest BCUT2D eigenvalue weighted by Gasteiger charge is 2.34. The molecule has 2 heterocycles. The van der Waals surface area contributed by atoms with E-state index in [9.17, 15) is 4.79 Å². The van der Waals surface area contributed by atoms with Gasteiger partial charge in [-0.15, -0.1) is 24.8 Å². The summed E-state index contributed by atoms with van der Waals surface area (Å²) in [6.45, 7) is 5.73. The van der Waals surface area contributed by atoms with Gasteiger partial charge in [-0.05, 0) is 30.2 Å². The van der Waals surface area contributed by atoms with Gasteiger partial charge in [0.05, 0.1) is 11.7 Å². The van der Waals surface area contributed by atoms with Gasteiger partial charge in [0.1, 0.15) is 7.11 Å². The highest BCUT2D eigenvalue weighted by molar-refractivity contribution is 6.54. The van der Waals surface area contributed by atoms with Gasteiger partial charge in [0.25, 0.3) is 5.91 Å². The van der Waals surface area contributed by atoms with E-state index < -0.39 is 0 Å². The summed E-state index contributed by atoms with van der Waals surface area (Å²) in [6, 6.07) is 29.7. The highest BCUT2D eigenvalue weighted by Crippen LogP contribution is 2.31. The summed E-state index contributed by atoms with van der Waals surface area (Å²) >= 11 is 0. The molecule has 37 heavy (non-hydrogen) atoms. The zero-order valence-corrected chi connectivity index (χ0v) is 22.7. The molecule has 0 bridgehead atoms. The summed E-state index contributed by atoms with van der Waals surface area (Å²) in [5, 5.41) is 3.98. The molecule has 1 amide bonds. The molecule has 3 aromatic carbocycles. The predicted octanol–water partition coefficient (Wildman–Crippen LogP) is 5.02. The van der Waals surface area contributed by atoms with Crippen molar-refractivity contribution in [1.29, 1.82) is 0 Å². The first-order valence-corrected chi connectivity index (χ1v) is 12.3. The zero-order valence-electron chi connectivity index (χ0n) is 21.0. The third-order valence-corrected chi connectivity index (χ3v) is 6.94. The zero-order chi connectivity index (χ0) is 24.0. The van der Waals surface area contributed by atoms with Gasteiger partial charge in [-0.2, -0.15) is 0 Å². The van der Waals surface area contributed by atoms with Crippen molar-refractivity contribution in [3.63, 3.8) is 0 Å². The van der Waals surface area contributed by atoms with E-state index in [1.54, 1.807) is 0 Å². The molecule has 2 aliphatic rings. The average Bonchev–Trinajstić information content (AvgIpc) is 3.17. The van der Waals surface area contributed by atoms with Crippen molar-refractivity contribution in [3.05, 3.63) is 102 Å². The minimum absolute atomic E-state index is 0. The maximum Gasteiger partial charge on any atom is 0.281 e. The number of oxime groups is 1. The number of para-hydroxylation sites is 1. The molecule has 1 fully saturated rings. The maximum atomic E-state index is 12.9. The van der Waals surface area contributed by atoms with E-state index in [0.29, 0.717) is 12.3 Å². The average molecular weight is 542 g/mol. The molecule has 5 rings (SSSR count). The summed E-state index contributed by atoms with van der Waals surface area (Å²) in [6.07, 6.45) is 0.918. The molecule has 0 aromatic heterocycles. The quantitative estimate of drug-likeness (QED) is 0.376. The number of fused-ring (bicyclic) bond motifs is 1. The first kappa shape index (κ1) is 28.7. The number of anilines is 1. The summed E-state index contributed by atoms with van der Waals surface area (Å²) < 4.78 is 0. The Morgan fingerprint density at radius 1 is 0.784 bits per heavy atom. The van der Waals surface area contributed by atoms with Gasteiger partial charge >= 0.3 is 0 Å². The van der Waals surface area contributed by atoms with Crippen LogP contribution in [0, 0.1) is 0 Å². The van der Waals surface area contributed by atoms with Crippen LogP contribution in [0.4, 0.5) is 5.69 Å². The molecule has 6 nitrogen and oxygen atoms in total. The van der Waals surface area contributed by atoms with E-state index in [1.807, 2.05) is 29.2 Å². The lowest BCUT2D eigenvalue weighted by Crippen LogP contribution is -2.48. The van der Waals surface area contributed by atoms with Crippen molar-refractivity contribution in [2.75, 3.05) is 51.3 Å². The molecule has 0 N–H and O–H groups in total. The van der Waals surface area contributed by atoms with E-state index in [4.69, 9.17) is 4.84 Å². The van der Waals surface area contributed by atoms with Crippen LogP contribution in [0.5, 0.6) is 0 Å². The van der Waals surface area contributed by atoms with Crippen LogP contribution in [0.2, 0.25) is 0 Å². The second-order valence-corrected chi connectivity index (χ2v) is 9.05. The van der Waals surface area contributed by atoms with Crippen LogP contribution in [0.15, 0.2) is 90.1 Å². The van der Waals surface area contributed by atoms with Crippen molar-refractivity contribution in [3.8, 4) is 0 Å². The molecule has 8 heteroatoms. The minimum atomic E-state index is -0.0774. The molecular weight excluding hydrogens is 507 g/mol. The lowest BCUT2D eigenvalue weighted by atomic mass is 9.96. The third kappa shape index (κ3) is 6.33. The number of hydrogen-bond donors (Lipinski definition) is 0. The molecule has 0 unspecified atom stereocenters. The Bertz CT molecular complexity index is 1130. The monoisotopic (exact) mass is 540 g/mol. The van der Waals surface area contributed by atoms with Gasteiger partial charge < -0.3 is 14.6 Å². The fraction of sp³-hybridized carbons (Fsp3) is 0.310. The number of benzene rings is 3. The standard InChI is InChI=1S/C29H32N4O2.2ClH/c1-35-30-27-25-15-8-9-16-26(25)33(29(27)34)18-10-17-31-19-21-32(22-20-31)28(23-11-4-2-5-12-23)24-13-6-3-7-14-24;;/h2-9,11-16,28H,10,17-22H2,1H3;2*1H/b30-27-;;. The van der Waals surface area contributed by atoms with Crippen LogP contribution in [0.3, 0.4) is 0 Å². The number of halogens is 2. The van der Waals surface area contributed by atoms with Crippen molar-refractivity contribution >= 4 is 42.1 Å². The van der Waals surface area contributed by atoms with Gasteiger partial charge in [0.2, 0.25) is 0 Å². The fourth-order valence-corrected chi connectivity index (χ4v) is 5.25. The highest BCUT2D eigenvalue weighted by atomic mass is 35.5. The molecule has 0 atom stereocenters. The normalized spacial score (nSPS) is 16.9. The van der Waals surface area contributed by atoms with Gasteiger partial charge in [-0.25, -0.2) is 0 Å². The maximum absolute atomic E-state index is 12.9. The molecule has 0 saturated carbocycles. The van der Waals surface area contributed by atoms with E-state index in [0.717, 1.165) is 50.4 Å². The SMILES string of the molecule is CO/N=C1\C(=O)N(CCCN2CCN(C(c3ccccc3)c3ccccc3)CC2)c2ccccc21.Cl.Cl. The fourth-order valence-electron chi connectivity index (χ4n) is 5.25. The summed E-state index contributed by atoms with van der Waals surface area (Å²) in [4.78, 5) is 24.8. The lowest BCUT2D eigenvalue weighted by molar-refractivity contribution is -0.112. The van der Waals surface area contributed by atoms with Gasteiger partial charge in [0.15, 0.2) is 5.71 Å². The lowest BCUT2D eigenvalue weighted by Gasteiger charge is -2.40. The van der Waals surface area contributed by atoms with Gasteiger partial charge in [-0.3, -0.25) is 9.69 Å². The van der Waals surface area contributed by atoms with Crippen molar-refractivity contribution in [2.24, 2.45) is 5.16 Å². The number of piperazine rings is 1. The summed E-state index contributed by atoms with van der Waals surface area (Å²) in [5.74, 6) is -0.0774. The number of amides is 1. The Morgan fingerprint density at radius 3 is 1.95 bits per heavy atom. The van der Waals surface area contributed by atoms with E-state index in [-0.39, 0.29) is 36.8 Å². The largest absolute Gasteiger partial charge is 0.398 e. The molecule has 1 saturated heterocycles. The van der Waals surface area contributed by atoms with Crippen LogP contribution >= 0.6 is 24.8 Å². The summed E-state index contributed by atoms with van der Waals surface area (Å²) in [5.41, 5.74) is 4.84. The number of rotatable bonds is 8. The van der Waals surface area contributed by atoms with Crippen LogP contribution < -0.4 is 4.90 Å². The Morgan fingerprint density at radius 2 is 1.35 bits per heavy atom. The third-order valence-electron chi connectivity index (χ3n) is 6.94. The second-order valence-electron chi connectivity index (χ2n) is 9.05. The molecule has 3 aromatic rings. The predicted molar refractivity (Wildman–Crippen MR) is 154 cm³/mol. The molecular formula is C29H34Cl2N4O2. The van der Waals surface area contributed by atoms with Crippen LogP contribution in [-0.4, -0.2) is 67.8 Å². The number of nitrogens with zero attached hydrogens (tertiary/aromatic N) is 4. The Hall–Kier alpha value is -2.90. The van der Waals surface area contributed by atoms with Gasteiger partial charge in [-0.1, -0.05) is 84.0 Å². The Balaban J connectivity index is 0.00000190. The number of hydrogen-bond acceptors (Lipinski definition) is 5. The Kier molecular flexibility index (Phi) is 10.5. The first-order valence-electron chi connectivity index (χ1n) is 12.3. The minimum Gasteiger partial charge on any atom is -0.398 e. The first-order chi connectivity index (χ1) is 17.3. The van der Waals surface area contributed by atoms with Crippen LogP contribution in [0.25, 0.3) is 0 Å². The number of carbonyl (C=O) groups excluding carboxylic acids is 1. The summed E-state index contributed by atoms with van der Waals surface area (Å²) in [7, 11) is 1.48. The second kappa shape index (κ2) is 13.6. The topological polar surface area (TPSA) is 48.4 Å². The van der Waals surface area contributed by atoms with Crippen molar-refractivity contribution in [2.45, 2.75) is 12.5 Å². The molecule has 0 aliphatic carbocycles. The molecule has 0 spiro atoms.